The van der Waals surface area contributed by atoms with E-state index < -0.39 is 0 Å². The van der Waals surface area contributed by atoms with Crippen molar-refractivity contribution in [3.8, 4) is 0 Å². The minimum Gasteiger partial charge on any atom is -0.307 e. The first-order valence-electron chi connectivity index (χ1n) is 4.89. The molecule has 4 heteroatoms. The highest BCUT2D eigenvalue weighted by molar-refractivity contribution is 9.10. The Bertz CT molecular complexity index is 361. The molecule has 0 saturated heterocycles. The van der Waals surface area contributed by atoms with Gasteiger partial charge < -0.3 is 5.43 Å². The Morgan fingerprint density at radius 3 is 2.47 bits per heavy atom. The second-order valence-corrected chi connectivity index (χ2v) is 4.49. The second kappa shape index (κ2) is 4.24. The van der Waals surface area contributed by atoms with E-state index in [0.717, 1.165) is 4.47 Å². The van der Waals surface area contributed by atoms with Crippen LogP contribution in [0.25, 0.3) is 0 Å². The van der Waals surface area contributed by atoms with E-state index in [2.05, 4.69) is 57.6 Å². The van der Waals surface area contributed by atoms with E-state index in [4.69, 9.17) is 0 Å². The van der Waals surface area contributed by atoms with E-state index >= 15 is 0 Å². The quantitative estimate of drug-likeness (QED) is 0.889. The summed E-state index contributed by atoms with van der Waals surface area (Å²) < 4.78 is 1.11. The van der Waals surface area contributed by atoms with Crippen molar-refractivity contribution >= 4 is 15.9 Å². The Balaban J connectivity index is 2.16. The first-order valence-corrected chi connectivity index (χ1v) is 5.68. The molecule has 15 heavy (non-hydrogen) atoms. The number of hydrogen-bond donors (Lipinski definition) is 1. The van der Waals surface area contributed by atoms with Gasteiger partial charge in [0, 0.05) is 23.9 Å². The molecule has 0 aromatic heterocycles. The summed E-state index contributed by atoms with van der Waals surface area (Å²) in [6.07, 6.45) is 3.96. The van der Waals surface area contributed by atoms with Crippen LogP contribution in [0.15, 0.2) is 41.1 Å². The van der Waals surface area contributed by atoms with E-state index in [9.17, 15) is 0 Å². The molecule has 1 heterocycles. The molecular weight excluding hydrogens is 254 g/mol. The van der Waals surface area contributed by atoms with E-state index in [1.807, 2.05) is 24.6 Å². The molecule has 0 aliphatic carbocycles. The molecule has 0 saturated carbocycles. The fourth-order valence-corrected chi connectivity index (χ4v) is 1.93. The van der Waals surface area contributed by atoms with Crippen LogP contribution in [-0.2, 0) is 0 Å². The number of hydrogen-bond acceptors (Lipinski definition) is 3. The van der Waals surface area contributed by atoms with E-state index in [1.54, 1.807) is 0 Å². The van der Waals surface area contributed by atoms with Gasteiger partial charge in [0.25, 0.3) is 0 Å². The summed E-state index contributed by atoms with van der Waals surface area (Å²) in [6, 6.07) is 8.73. The van der Waals surface area contributed by atoms with Crippen LogP contribution in [-0.4, -0.2) is 17.2 Å². The molecule has 0 fully saturated rings. The van der Waals surface area contributed by atoms with Gasteiger partial charge in [-0.1, -0.05) is 28.1 Å². The van der Waals surface area contributed by atoms with Crippen molar-refractivity contribution in [2.24, 2.45) is 0 Å². The third kappa shape index (κ3) is 2.16. The Hall–Kier alpha value is -1.00. The van der Waals surface area contributed by atoms with Crippen molar-refractivity contribution in [1.29, 1.82) is 0 Å². The molecular formula is C11H14BrN3. The lowest BCUT2D eigenvalue weighted by molar-refractivity contribution is 0.00382. The van der Waals surface area contributed by atoms with Gasteiger partial charge in [0.05, 0.1) is 6.04 Å². The smallest absolute Gasteiger partial charge is 0.0689 e. The third-order valence-corrected chi connectivity index (χ3v) is 3.11. The lowest BCUT2D eigenvalue weighted by Gasteiger charge is -2.30. The third-order valence-electron chi connectivity index (χ3n) is 2.58. The fraction of sp³-hybridized carbons (Fsp3) is 0.273. The minimum absolute atomic E-state index is 0.328. The SMILES string of the molecule is CC(c1ccc(Br)cc1)N1C=CNN1C. The van der Waals surface area contributed by atoms with Crippen LogP contribution in [0, 0.1) is 0 Å². The molecule has 0 amide bonds. The zero-order valence-corrected chi connectivity index (χ0v) is 10.4. The number of halogens is 1. The average molecular weight is 268 g/mol. The first-order chi connectivity index (χ1) is 7.18. The van der Waals surface area contributed by atoms with E-state index in [0.29, 0.717) is 6.04 Å². The molecule has 0 radical (unpaired) electrons. The van der Waals surface area contributed by atoms with E-state index in [-0.39, 0.29) is 0 Å². The highest BCUT2D eigenvalue weighted by atomic mass is 79.9. The van der Waals surface area contributed by atoms with Crippen LogP contribution >= 0.6 is 15.9 Å². The second-order valence-electron chi connectivity index (χ2n) is 3.58. The van der Waals surface area contributed by atoms with Crippen molar-refractivity contribution < 1.29 is 0 Å². The Labute approximate surface area is 98.4 Å². The molecule has 1 aliphatic rings. The van der Waals surface area contributed by atoms with Crippen molar-refractivity contribution in [3.05, 3.63) is 46.7 Å². The molecule has 1 aromatic rings. The average Bonchev–Trinajstić information content (AvgIpc) is 2.65. The van der Waals surface area contributed by atoms with Crippen LogP contribution < -0.4 is 5.43 Å². The normalized spacial score (nSPS) is 17.9. The first kappa shape index (κ1) is 10.5. The molecule has 0 bridgehead atoms. The fourth-order valence-electron chi connectivity index (χ4n) is 1.67. The zero-order chi connectivity index (χ0) is 10.8. The van der Waals surface area contributed by atoms with Crippen LogP contribution in [0.1, 0.15) is 18.5 Å². The molecule has 1 aliphatic heterocycles. The van der Waals surface area contributed by atoms with Crippen molar-refractivity contribution in [2.45, 2.75) is 13.0 Å². The maximum absolute atomic E-state index is 3.44. The summed E-state index contributed by atoms with van der Waals surface area (Å²) in [5.74, 6) is 0. The van der Waals surface area contributed by atoms with Crippen LogP contribution in [0.5, 0.6) is 0 Å². The van der Waals surface area contributed by atoms with Gasteiger partial charge in [0.1, 0.15) is 0 Å². The van der Waals surface area contributed by atoms with Gasteiger partial charge in [0.15, 0.2) is 0 Å². The standard InChI is InChI=1S/C11H14BrN3/c1-9(15-8-7-13-14(15)2)10-3-5-11(12)6-4-10/h3-9,13H,1-2H3. The maximum atomic E-state index is 3.44. The van der Waals surface area contributed by atoms with Crippen molar-refractivity contribution in [1.82, 2.24) is 15.6 Å². The van der Waals surface area contributed by atoms with Crippen LogP contribution in [0.2, 0.25) is 0 Å². The Morgan fingerprint density at radius 2 is 1.93 bits per heavy atom. The summed E-state index contributed by atoms with van der Waals surface area (Å²) in [5.41, 5.74) is 4.39. The molecule has 1 N–H and O–H groups in total. The summed E-state index contributed by atoms with van der Waals surface area (Å²) in [5, 5.41) is 4.11. The molecule has 0 spiro atoms. The highest BCUT2D eigenvalue weighted by Gasteiger charge is 2.18. The topological polar surface area (TPSA) is 18.5 Å². The highest BCUT2D eigenvalue weighted by Crippen LogP contribution is 2.24. The number of hydrazine groups is 2. The molecule has 80 valence electrons. The predicted molar refractivity (Wildman–Crippen MR) is 64.4 cm³/mol. The zero-order valence-electron chi connectivity index (χ0n) is 8.81. The molecule has 3 nitrogen and oxygen atoms in total. The predicted octanol–water partition coefficient (Wildman–Crippen LogP) is 2.65. The van der Waals surface area contributed by atoms with Gasteiger partial charge in [-0.05, 0) is 24.6 Å². The monoisotopic (exact) mass is 267 g/mol. The summed E-state index contributed by atoms with van der Waals surface area (Å²) in [7, 11) is 2.00. The summed E-state index contributed by atoms with van der Waals surface area (Å²) in [4.78, 5) is 0. The van der Waals surface area contributed by atoms with Gasteiger partial charge in [-0.3, -0.25) is 5.01 Å². The van der Waals surface area contributed by atoms with Gasteiger partial charge in [-0.2, -0.15) is 0 Å². The van der Waals surface area contributed by atoms with Gasteiger partial charge >= 0.3 is 0 Å². The molecule has 1 aromatic carbocycles. The lowest BCUT2D eigenvalue weighted by atomic mass is 10.1. The largest absolute Gasteiger partial charge is 0.307 e. The molecule has 1 atom stereocenters. The summed E-state index contributed by atoms with van der Waals surface area (Å²) in [6.45, 7) is 2.18. The Morgan fingerprint density at radius 1 is 1.27 bits per heavy atom. The van der Waals surface area contributed by atoms with Crippen LogP contribution in [0.3, 0.4) is 0 Å². The van der Waals surface area contributed by atoms with Gasteiger partial charge in [-0.15, -0.1) is 5.12 Å². The van der Waals surface area contributed by atoms with Crippen molar-refractivity contribution in [3.63, 3.8) is 0 Å². The molecule has 2 rings (SSSR count). The number of nitrogens with zero attached hydrogens (tertiary/aromatic N) is 2. The van der Waals surface area contributed by atoms with Gasteiger partial charge in [0.2, 0.25) is 0 Å². The van der Waals surface area contributed by atoms with Crippen LogP contribution in [0.4, 0.5) is 0 Å². The lowest BCUT2D eigenvalue weighted by Crippen LogP contribution is -2.39. The number of benzene rings is 1. The number of rotatable bonds is 2. The van der Waals surface area contributed by atoms with E-state index in [1.165, 1.54) is 5.56 Å². The maximum Gasteiger partial charge on any atom is 0.0689 e. The number of nitrogens with one attached hydrogen (secondary N) is 1. The molecule has 1 unspecified atom stereocenters. The minimum atomic E-state index is 0.328. The van der Waals surface area contributed by atoms with Gasteiger partial charge in [-0.25, -0.2) is 0 Å². The Kier molecular flexibility index (Phi) is 2.98. The summed E-state index contributed by atoms with van der Waals surface area (Å²) >= 11 is 3.44. The van der Waals surface area contributed by atoms with Crippen molar-refractivity contribution in [2.75, 3.05) is 7.05 Å².